The minimum absolute atomic E-state index is 0.116. The molecule has 0 bridgehead atoms. The molecule has 0 atom stereocenters. The molecule has 0 aliphatic carbocycles. The molecule has 0 radical (unpaired) electrons. The molecule has 0 aliphatic rings. The van der Waals surface area contributed by atoms with E-state index in [4.69, 9.17) is 23.2 Å². The predicted molar refractivity (Wildman–Crippen MR) is 123 cm³/mol. The van der Waals surface area contributed by atoms with Crippen LogP contribution in [0, 0.1) is 6.92 Å². The number of aryl methyl sites for hydroxylation is 2. The van der Waals surface area contributed by atoms with E-state index in [2.05, 4.69) is 20.6 Å². The van der Waals surface area contributed by atoms with Crippen LogP contribution in [-0.2, 0) is 24.8 Å². The van der Waals surface area contributed by atoms with Crippen LogP contribution >= 0.6 is 23.2 Å². The summed E-state index contributed by atoms with van der Waals surface area (Å²) in [5, 5.41) is 9.64. The average Bonchev–Trinajstić information content (AvgIpc) is 3.20. The van der Waals surface area contributed by atoms with Gasteiger partial charge in [-0.05, 0) is 36.8 Å². The van der Waals surface area contributed by atoms with Crippen molar-refractivity contribution in [1.82, 2.24) is 24.8 Å². The van der Waals surface area contributed by atoms with Gasteiger partial charge in [0.1, 0.15) is 11.0 Å². The first-order valence-corrected chi connectivity index (χ1v) is 10.4. The lowest BCUT2D eigenvalue weighted by Gasteiger charge is -2.04. The van der Waals surface area contributed by atoms with Gasteiger partial charge in [-0.15, -0.1) is 0 Å². The normalized spacial score (nSPS) is 11.5. The van der Waals surface area contributed by atoms with Gasteiger partial charge in [-0.25, -0.2) is 15.1 Å². The lowest BCUT2D eigenvalue weighted by atomic mass is 10.2. The lowest BCUT2D eigenvalue weighted by Crippen LogP contribution is -2.21. The molecule has 1 N–H and O–H groups in total. The Labute approximate surface area is 189 Å². The first-order valence-electron chi connectivity index (χ1n) is 9.62. The SMILES string of the molecule is Cc1nn(Cc2ccc(Cl)cc2)c(Cl)c1C=NNC(=O)Cc1nc2ccccc2n1C. The van der Waals surface area contributed by atoms with Crippen LogP contribution in [0.25, 0.3) is 11.0 Å². The van der Waals surface area contributed by atoms with Gasteiger partial charge in [0.25, 0.3) is 0 Å². The topological polar surface area (TPSA) is 77.1 Å². The Bertz CT molecular complexity index is 1270. The summed E-state index contributed by atoms with van der Waals surface area (Å²) >= 11 is 12.4. The molecular formula is C22H20Cl2N6O. The third-order valence-electron chi connectivity index (χ3n) is 4.94. The van der Waals surface area contributed by atoms with E-state index in [1.807, 2.05) is 67.1 Å². The second kappa shape index (κ2) is 8.91. The van der Waals surface area contributed by atoms with Gasteiger partial charge in [-0.3, -0.25) is 4.79 Å². The van der Waals surface area contributed by atoms with E-state index in [0.717, 1.165) is 16.6 Å². The molecule has 0 saturated heterocycles. The van der Waals surface area contributed by atoms with Crippen molar-refractivity contribution in [3.05, 3.63) is 81.4 Å². The number of hydrogen-bond donors (Lipinski definition) is 1. The van der Waals surface area contributed by atoms with Gasteiger partial charge in [0.2, 0.25) is 5.91 Å². The van der Waals surface area contributed by atoms with Crippen molar-refractivity contribution in [2.45, 2.75) is 19.9 Å². The molecule has 2 heterocycles. The molecule has 4 rings (SSSR count). The number of amides is 1. The number of carbonyl (C=O) groups excluding carboxylic acids is 1. The van der Waals surface area contributed by atoms with Crippen LogP contribution in [0.15, 0.2) is 53.6 Å². The molecule has 0 spiro atoms. The molecule has 7 nitrogen and oxygen atoms in total. The smallest absolute Gasteiger partial charge is 0.247 e. The van der Waals surface area contributed by atoms with Gasteiger partial charge in [-0.2, -0.15) is 10.2 Å². The van der Waals surface area contributed by atoms with Crippen LogP contribution in [0.4, 0.5) is 0 Å². The number of halogens is 2. The van der Waals surface area contributed by atoms with Crippen LogP contribution in [0.5, 0.6) is 0 Å². The van der Waals surface area contributed by atoms with Crippen molar-refractivity contribution < 1.29 is 4.79 Å². The summed E-state index contributed by atoms with van der Waals surface area (Å²) in [7, 11) is 1.89. The molecule has 0 aliphatic heterocycles. The quantitative estimate of drug-likeness (QED) is 0.351. The van der Waals surface area contributed by atoms with E-state index in [-0.39, 0.29) is 12.3 Å². The van der Waals surface area contributed by atoms with E-state index in [1.165, 1.54) is 6.21 Å². The fraction of sp³-hybridized carbons (Fsp3) is 0.182. The summed E-state index contributed by atoms with van der Waals surface area (Å²) in [5.41, 5.74) is 6.76. The number of nitrogens with zero attached hydrogens (tertiary/aromatic N) is 5. The van der Waals surface area contributed by atoms with Crippen molar-refractivity contribution in [2.24, 2.45) is 12.1 Å². The number of hydrogen-bond acceptors (Lipinski definition) is 4. The van der Waals surface area contributed by atoms with Gasteiger partial charge in [-0.1, -0.05) is 47.5 Å². The van der Waals surface area contributed by atoms with Crippen molar-refractivity contribution in [1.29, 1.82) is 0 Å². The number of fused-ring (bicyclic) bond motifs is 1. The maximum Gasteiger partial charge on any atom is 0.247 e. The number of benzene rings is 2. The van der Waals surface area contributed by atoms with E-state index >= 15 is 0 Å². The standard InChI is InChI=1S/C22H20Cl2N6O/c1-14-17(22(24)30(28-14)13-15-7-9-16(23)10-8-15)12-25-27-21(31)11-20-26-18-5-3-4-6-19(18)29(20)2/h3-10,12H,11,13H2,1-2H3,(H,27,31). The minimum atomic E-state index is -0.267. The van der Waals surface area contributed by atoms with Crippen molar-refractivity contribution >= 4 is 46.4 Å². The first kappa shape index (κ1) is 21.1. The molecule has 0 fully saturated rings. The van der Waals surface area contributed by atoms with Gasteiger partial charge >= 0.3 is 0 Å². The number of carbonyl (C=O) groups is 1. The van der Waals surface area contributed by atoms with E-state index in [9.17, 15) is 4.79 Å². The highest BCUT2D eigenvalue weighted by molar-refractivity contribution is 6.32. The van der Waals surface area contributed by atoms with Gasteiger partial charge < -0.3 is 4.57 Å². The molecule has 31 heavy (non-hydrogen) atoms. The molecule has 2 aromatic heterocycles. The summed E-state index contributed by atoms with van der Waals surface area (Å²) in [6.45, 7) is 2.34. The second-order valence-electron chi connectivity index (χ2n) is 7.12. The number of rotatable bonds is 6. The fourth-order valence-electron chi connectivity index (χ4n) is 3.29. The van der Waals surface area contributed by atoms with Crippen molar-refractivity contribution in [3.63, 3.8) is 0 Å². The summed E-state index contributed by atoms with van der Waals surface area (Å²) in [6.07, 6.45) is 1.63. The second-order valence-corrected chi connectivity index (χ2v) is 7.91. The zero-order valence-electron chi connectivity index (χ0n) is 17.0. The lowest BCUT2D eigenvalue weighted by molar-refractivity contribution is -0.120. The fourth-order valence-corrected chi connectivity index (χ4v) is 3.70. The Morgan fingerprint density at radius 2 is 1.90 bits per heavy atom. The maximum absolute atomic E-state index is 12.3. The van der Waals surface area contributed by atoms with Crippen LogP contribution in [-0.4, -0.2) is 31.5 Å². The van der Waals surface area contributed by atoms with Crippen LogP contribution in [0.1, 0.15) is 22.6 Å². The van der Waals surface area contributed by atoms with Crippen LogP contribution < -0.4 is 5.43 Å². The predicted octanol–water partition coefficient (Wildman–Crippen LogP) is 4.13. The number of hydrazone groups is 1. The highest BCUT2D eigenvalue weighted by atomic mass is 35.5. The Balaban J connectivity index is 1.42. The van der Waals surface area contributed by atoms with Crippen molar-refractivity contribution in [3.8, 4) is 0 Å². The number of para-hydroxylation sites is 2. The molecule has 4 aromatic rings. The highest BCUT2D eigenvalue weighted by Gasteiger charge is 2.13. The third-order valence-corrected chi connectivity index (χ3v) is 5.59. The molecule has 1 amide bonds. The van der Waals surface area contributed by atoms with Crippen LogP contribution in [0.3, 0.4) is 0 Å². The first-order chi connectivity index (χ1) is 14.9. The average molecular weight is 455 g/mol. The Kier molecular flexibility index (Phi) is 6.06. The summed E-state index contributed by atoms with van der Waals surface area (Å²) in [6, 6.07) is 15.2. The maximum atomic E-state index is 12.3. The largest absolute Gasteiger partial charge is 0.331 e. The summed E-state index contributed by atoms with van der Waals surface area (Å²) in [4.78, 5) is 16.8. The summed E-state index contributed by atoms with van der Waals surface area (Å²) < 4.78 is 3.59. The highest BCUT2D eigenvalue weighted by Crippen LogP contribution is 2.20. The molecule has 0 unspecified atom stereocenters. The summed E-state index contributed by atoms with van der Waals surface area (Å²) in [5.74, 6) is 0.399. The zero-order valence-corrected chi connectivity index (χ0v) is 18.5. The molecule has 2 aromatic carbocycles. The molecule has 158 valence electrons. The Hall–Kier alpha value is -3.16. The van der Waals surface area contributed by atoms with Gasteiger partial charge in [0.05, 0.1) is 41.5 Å². The van der Waals surface area contributed by atoms with E-state index in [0.29, 0.717) is 33.8 Å². The Morgan fingerprint density at radius 3 is 2.65 bits per heavy atom. The Morgan fingerprint density at radius 1 is 1.16 bits per heavy atom. The van der Waals surface area contributed by atoms with Gasteiger partial charge in [0.15, 0.2) is 0 Å². The van der Waals surface area contributed by atoms with Gasteiger partial charge in [0, 0.05) is 12.1 Å². The molecule has 9 heteroatoms. The monoisotopic (exact) mass is 454 g/mol. The van der Waals surface area contributed by atoms with Crippen molar-refractivity contribution in [2.75, 3.05) is 0 Å². The van der Waals surface area contributed by atoms with Crippen LogP contribution in [0.2, 0.25) is 10.2 Å². The minimum Gasteiger partial charge on any atom is -0.331 e. The molecule has 0 saturated carbocycles. The van der Waals surface area contributed by atoms with E-state index in [1.54, 1.807) is 4.68 Å². The number of aromatic nitrogens is 4. The number of nitrogens with one attached hydrogen (secondary N) is 1. The molecular weight excluding hydrogens is 435 g/mol. The number of imidazole rings is 1. The van der Waals surface area contributed by atoms with E-state index < -0.39 is 0 Å². The zero-order chi connectivity index (χ0) is 22.0. The third kappa shape index (κ3) is 4.62.